The molecular formula is C7H10N2. The zero-order valence-electron chi connectivity index (χ0n) is 5.28. The Bertz CT molecular complexity index is 179. The minimum Gasteiger partial charge on any atom is -0.308 e. The number of hydrogen-bond acceptors (Lipinski definition) is 2. The Morgan fingerprint density at radius 3 is 3.22 bits per heavy atom. The van der Waals surface area contributed by atoms with Crippen molar-refractivity contribution in [2.24, 2.45) is 0 Å². The van der Waals surface area contributed by atoms with E-state index in [4.69, 9.17) is 0 Å². The average molecular weight is 122 g/mol. The van der Waals surface area contributed by atoms with Gasteiger partial charge in [0.15, 0.2) is 0 Å². The van der Waals surface area contributed by atoms with Crippen LogP contribution in [0.1, 0.15) is 19.3 Å². The van der Waals surface area contributed by atoms with Gasteiger partial charge in [-0.2, -0.15) is 0 Å². The minimum absolute atomic E-state index is 1.21. The Kier molecular flexibility index (Phi) is 0.979. The smallest absolute Gasteiger partial charge is 0.0346 e. The van der Waals surface area contributed by atoms with Crippen LogP contribution in [0.15, 0.2) is 23.5 Å². The summed E-state index contributed by atoms with van der Waals surface area (Å²) in [5.41, 5.74) is 8.96. The minimum atomic E-state index is 1.21. The molecule has 2 nitrogen and oxygen atoms in total. The van der Waals surface area contributed by atoms with E-state index in [1.807, 2.05) is 6.20 Å². The molecule has 1 heterocycles. The lowest BCUT2D eigenvalue weighted by molar-refractivity contribution is 0.689. The van der Waals surface area contributed by atoms with Crippen molar-refractivity contribution in [3.8, 4) is 0 Å². The summed E-state index contributed by atoms with van der Waals surface area (Å²) in [4.78, 5) is 0. The monoisotopic (exact) mass is 122 g/mol. The van der Waals surface area contributed by atoms with E-state index < -0.39 is 0 Å². The van der Waals surface area contributed by atoms with Gasteiger partial charge in [0.2, 0.25) is 0 Å². The third-order valence-electron chi connectivity index (χ3n) is 1.85. The van der Waals surface area contributed by atoms with Crippen molar-refractivity contribution in [2.45, 2.75) is 19.3 Å². The first-order valence-corrected chi connectivity index (χ1v) is 3.37. The second kappa shape index (κ2) is 1.79. The van der Waals surface area contributed by atoms with Gasteiger partial charge >= 0.3 is 0 Å². The summed E-state index contributed by atoms with van der Waals surface area (Å²) < 4.78 is 0. The second-order valence-corrected chi connectivity index (χ2v) is 2.46. The first kappa shape index (κ1) is 4.91. The Balaban J connectivity index is 2.28. The highest BCUT2D eigenvalue weighted by molar-refractivity contribution is 5.30. The van der Waals surface area contributed by atoms with Gasteiger partial charge in [-0.05, 0) is 30.9 Å². The summed E-state index contributed by atoms with van der Waals surface area (Å²) in [7, 11) is 0. The number of hydrogen-bond donors (Lipinski definition) is 2. The van der Waals surface area contributed by atoms with E-state index >= 15 is 0 Å². The fourth-order valence-corrected chi connectivity index (χ4v) is 1.36. The Labute approximate surface area is 54.6 Å². The molecule has 0 saturated carbocycles. The molecule has 2 N–H and O–H groups in total. The molecule has 0 unspecified atom stereocenters. The van der Waals surface area contributed by atoms with Crippen molar-refractivity contribution in [2.75, 3.05) is 0 Å². The van der Waals surface area contributed by atoms with Gasteiger partial charge in [0.1, 0.15) is 0 Å². The van der Waals surface area contributed by atoms with Crippen LogP contribution >= 0.6 is 0 Å². The molecule has 0 atom stereocenters. The fraction of sp³-hybridized carbons (Fsp3) is 0.429. The van der Waals surface area contributed by atoms with Gasteiger partial charge in [-0.3, -0.25) is 0 Å². The third-order valence-corrected chi connectivity index (χ3v) is 1.85. The SMILES string of the molecule is C1=CC2=C(CCC2)NN1. The number of nitrogens with one attached hydrogen (secondary N) is 2. The van der Waals surface area contributed by atoms with Crippen molar-refractivity contribution in [3.63, 3.8) is 0 Å². The van der Waals surface area contributed by atoms with Gasteiger partial charge in [-0.1, -0.05) is 0 Å². The Morgan fingerprint density at radius 2 is 2.33 bits per heavy atom. The largest absolute Gasteiger partial charge is 0.308 e. The molecule has 48 valence electrons. The fourth-order valence-electron chi connectivity index (χ4n) is 1.36. The standard InChI is InChI=1S/C7H10N2/c1-2-6-4-5-8-9-7(6)3-1/h4-5,8-9H,1-3H2. The maximum atomic E-state index is 3.12. The van der Waals surface area contributed by atoms with E-state index in [2.05, 4.69) is 16.9 Å². The quantitative estimate of drug-likeness (QED) is 0.501. The molecule has 1 aliphatic carbocycles. The van der Waals surface area contributed by atoms with Gasteiger partial charge < -0.3 is 10.9 Å². The molecule has 0 bridgehead atoms. The first-order valence-electron chi connectivity index (χ1n) is 3.37. The summed E-state index contributed by atoms with van der Waals surface area (Å²) in [5, 5.41) is 0. The molecule has 0 spiro atoms. The van der Waals surface area contributed by atoms with Gasteiger partial charge in [0.25, 0.3) is 0 Å². The second-order valence-electron chi connectivity index (χ2n) is 2.46. The topological polar surface area (TPSA) is 24.1 Å². The molecule has 2 aliphatic rings. The highest BCUT2D eigenvalue weighted by Gasteiger charge is 2.12. The normalized spacial score (nSPS) is 23.1. The van der Waals surface area contributed by atoms with Crippen LogP contribution in [0.25, 0.3) is 0 Å². The number of rotatable bonds is 0. The van der Waals surface area contributed by atoms with Crippen LogP contribution in [-0.4, -0.2) is 0 Å². The summed E-state index contributed by atoms with van der Waals surface area (Å²) in [6.07, 6.45) is 7.87. The molecule has 0 aromatic rings. The van der Waals surface area contributed by atoms with Crippen LogP contribution in [0, 0.1) is 0 Å². The van der Waals surface area contributed by atoms with E-state index in [1.165, 1.54) is 30.5 Å². The van der Waals surface area contributed by atoms with Crippen molar-refractivity contribution in [3.05, 3.63) is 23.5 Å². The zero-order chi connectivity index (χ0) is 6.10. The van der Waals surface area contributed by atoms with Crippen molar-refractivity contribution >= 4 is 0 Å². The molecule has 0 fully saturated rings. The maximum Gasteiger partial charge on any atom is 0.0346 e. The molecule has 9 heavy (non-hydrogen) atoms. The molecular weight excluding hydrogens is 112 g/mol. The van der Waals surface area contributed by atoms with E-state index in [1.54, 1.807) is 0 Å². The Morgan fingerprint density at radius 1 is 1.33 bits per heavy atom. The number of allylic oxidation sites excluding steroid dienone is 3. The van der Waals surface area contributed by atoms with Crippen molar-refractivity contribution < 1.29 is 0 Å². The van der Waals surface area contributed by atoms with Crippen LogP contribution < -0.4 is 10.9 Å². The molecule has 0 amide bonds. The van der Waals surface area contributed by atoms with Crippen LogP contribution in [0.5, 0.6) is 0 Å². The average Bonchev–Trinajstić information content (AvgIpc) is 2.33. The third kappa shape index (κ3) is 0.707. The molecule has 0 aromatic heterocycles. The zero-order valence-corrected chi connectivity index (χ0v) is 5.28. The lowest BCUT2D eigenvalue weighted by Gasteiger charge is -2.11. The molecule has 2 heteroatoms. The first-order chi connectivity index (χ1) is 4.47. The van der Waals surface area contributed by atoms with Crippen LogP contribution in [0.2, 0.25) is 0 Å². The molecule has 2 rings (SSSR count). The van der Waals surface area contributed by atoms with Crippen LogP contribution in [-0.2, 0) is 0 Å². The molecule has 0 aromatic carbocycles. The van der Waals surface area contributed by atoms with E-state index in [9.17, 15) is 0 Å². The molecule has 0 saturated heterocycles. The van der Waals surface area contributed by atoms with E-state index in [0.717, 1.165) is 0 Å². The van der Waals surface area contributed by atoms with Crippen LogP contribution in [0.3, 0.4) is 0 Å². The summed E-state index contributed by atoms with van der Waals surface area (Å²) >= 11 is 0. The highest BCUT2D eigenvalue weighted by atomic mass is 15.4. The maximum absolute atomic E-state index is 3.12. The van der Waals surface area contributed by atoms with E-state index in [-0.39, 0.29) is 0 Å². The molecule has 1 aliphatic heterocycles. The van der Waals surface area contributed by atoms with Crippen molar-refractivity contribution in [1.82, 2.24) is 10.9 Å². The lowest BCUT2D eigenvalue weighted by Crippen LogP contribution is -2.28. The predicted molar refractivity (Wildman–Crippen MR) is 36.3 cm³/mol. The lowest BCUT2D eigenvalue weighted by atomic mass is 10.2. The highest BCUT2D eigenvalue weighted by Crippen LogP contribution is 2.25. The number of hydrazine groups is 1. The molecule has 0 radical (unpaired) electrons. The van der Waals surface area contributed by atoms with Gasteiger partial charge in [-0.15, -0.1) is 0 Å². The predicted octanol–water partition coefficient (Wildman–Crippen LogP) is 1.05. The van der Waals surface area contributed by atoms with Gasteiger partial charge in [-0.25, -0.2) is 0 Å². The summed E-state index contributed by atoms with van der Waals surface area (Å²) in [6.45, 7) is 0. The van der Waals surface area contributed by atoms with Crippen molar-refractivity contribution in [1.29, 1.82) is 0 Å². The van der Waals surface area contributed by atoms with Gasteiger partial charge in [0.05, 0.1) is 0 Å². The Hall–Kier alpha value is -0.920. The summed E-state index contributed by atoms with van der Waals surface area (Å²) in [6, 6.07) is 0. The van der Waals surface area contributed by atoms with Gasteiger partial charge in [0, 0.05) is 11.9 Å². The van der Waals surface area contributed by atoms with Crippen LogP contribution in [0.4, 0.5) is 0 Å². The summed E-state index contributed by atoms with van der Waals surface area (Å²) in [5.74, 6) is 0. The van der Waals surface area contributed by atoms with E-state index in [0.29, 0.717) is 0 Å².